The minimum atomic E-state index is -1.51. The molecule has 43 heavy (non-hydrogen) atoms. The maximum atomic E-state index is 14.0. The van der Waals surface area contributed by atoms with Gasteiger partial charge in [0.1, 0.15) is 11.4 Å². The lowest BCUT2D eigenvalue weighted by atomic mass is 9.45. The standard InChI is InChI=1S/C36H40FN3O3/c1-33-19-22-21-38-40(26-11-9-25(37)10-12-26)29(22)18-24(33)8-13-27-28-14-15-36(43,34(28,2)20-30(41)31(27)33)32(42)39-35(16-17-35)23-6-4-3-5-7-23/h3-7,9-12,18,21,27-28,30-31,41,43H,8,13-17,19-20H2,1-2H3,(H,39,42)/t27?,28?,30-,31?,33?,34?,36-/m0/s1. The molecular formula is C36H40FN3O3. The van der Waals surface area contributed by atoms with Crippen LogP contribution in [0.25, 0.3) is 11.8 Å². The van der Waals surface area contributed by atoms with Crippen LogP contribution in [0.2, 0.25) is 0 Å². The molecule has 6 nitrogen and oxygen atoms in total. The molecule has 4 fully saturated rings. The first kappa shape index (κ1) is 27.3. The van der Waals surface area contributed by atoms with Gasteiger partial charge in [-0.15, -0.1) is 0 Å². The quantitative estimate of drug-likeness (QED) is 0.369. The van der Waals surface area contributed by atoms with Gasteiger partial charge in [0.25, 0.3) is 5.91 Å². The van der Waals surface area contributed by atoms with Crippen molar-refractivity contribution in [1.82, 2.24) is 15.1 Å². The van der Waals surface area contributed by atoms with E-state index in [1.807, 2.05) is 29.1 Å². The number of hydrogen-bond acceptors (Lipinski definition) is 4. The summed E-state index contributed by atoms with van der Waals surface area (Å²) in [6.45, 7) is 4.36. The highest BCUT2D eigenvalue weighted by molar-refractivity contribution is 5.87. The molecule has 0 spiro atoms. The Hall–Kier alpha value is -3.29. The van der Waals surface area contributed by atoms with Crippen molar-refractivity contribution in [3.05, 3.63) is 89.0 Å². The monoisotopic (exact) mass is 581 g/mol. The van der Waals surface area contributed by atoms with Gasteiger partial charge in [-0.3, -0.25) is 4.79 Å². The third-order valence-electron chi connectivity index (χ3n) is 12.5. The first-order valence-corrected chi connectivity index (χ1v) is 15.9. The number of hydrogen-bond donors (Lipinski definition) is 3. The average Bonchev–Trinajstić information content (AvgIpc) is 3.58. The van der Waals surface area contributed by atoms with Crippen LogP contribution < -0.4 is 5.32 Å². The molecule has 0 saturated heterocycles. The van der Waals surface area contributed by atoms with Gasteiger partial charge in [-0.05, 0) is 116 Å². The predicted molar refractivity (Wildman–Crippen MR) is 161 cm³/mol. The summed E-state index contributed by atoms with van der Waals surface area (Å²) < 4.78 is 15.5. The smallest absolute Gasteiger partial charge is 0.253 e. The van der Waals surface area contributed by atoms with Crippen LogP contribution >= 0.6 is 0 Å². The molecule has 5 unspecified atom stereocenters. The van der Waals surface area contributed by atoms with E-state index >= 15 is 0 Å². The van der Waals surface area contributed by atoms with Crippen molar-refractivity contribution < 1.29 is 19.4 Å². The Kier molecular flexibility index (Phi) is 5.78. The Morgan fingerprint density at radius 1 is 1.05 bits per heavy atom. The van der Waals surface area contributed by atoms with Crippen molar-refractivity contribution in [2.75, 3.05) is 0 Å². The first-order chi connectivity index (χ1) is 20.6. The van der Waals surface area contributed by atoms with Crippen LogP contribution in [-0.4, -0.2) is 37.6 Å². The van der Waals surface area contributed by atoms with Gasteiger partial charge in [0.2, 0.25) is 0 Å². The summed E-state index contributed by atoms with van der Waals surface area (Å²) >= 11 is 0. The molecule has 3 aromatic rings. The molecule has 3 N–H and O–H groups in total. The van der Waals surface area contributed by atoms with Crippen LogP contribution in [0.3, 0.4) is 0 Å². The molecular weight excluding hydrogens is 541 g/mol. The molecule has 5 aliphatic carbocycles. The van der Waals surface area contributed by atoms with Gasteiger partial charge in [0.15, 0.2) is 0 Å². The van der Waals surface area contributed by atoms with E-state index in [4.69, 9.17) is 0 Å². The molecule has 0 radical (unpaired) electrons. The number of carbonyl (C=O) groups is 1. The molecule has 4 saturated carbocycles. The highest BCUT2D eigenvalue weighted by Crippen LogP contribution is 2.67. The number of nitrogens with zero attached hydrogens (tertiary/aromatic N) is 2. The number of aromatic nitrogens is 2. The van der Waals surface area contributed by atoms with E-state index < -0.39 is 22.7 Å². The summed E-state index contributed by atoms with van der Waals surface area (Å²) in [5.74, 6) is -0.132. The number of halogens is 1. The summed E-state index contributed by atoms with van der Waals surface area (Å²) in [4.78, 5) is 14.0. The highest BCUT2D eigenvalue weighted by Gasteiger charge is 2.69. The summed E-state index contributed by atoms with van der Waals surface area (Å²) in [5, 5.41) is 32.2. The van der Waals surface area contributed by atoms with Crippen LogP contribution in [0, 0.1) is 34.4 Å². The van der Waals surface area contributed by atoms with Crippen molar-refractivity contribution in [3.8, 4) is 5.69 Å². The molecule has 8 rings (SSSR count). The zero-order chi connectivity index (χ0) is 29.8. The average molecular weight is 582 g/mol. The zero-order valence-electron chi connectivity index (χ0n) is 24.9. The van der Waals surface area contributed by atoms with Crippen LogP contribution in [0.15, 0.2) is 66.4 Å². The molecule has 0 aliphatic heterocycles. The van der Waals surface area contributed by atoms with Gasteiger partial charge in [-0.25, -0.2) is 9.07 Å². The number of benzene rings is 2. The van der Waals surface area contributed by atoms with Gasteiger partial charge in [-0.1, -0.05) is 49.8 Å². The summed E-state index contributed by atoms with van der Waals surface area (Å²) in [6.07, 6.45) is 9.52. The van der Waals surface area contributed by atoms with Gasteiger partial charge in [0.05, 0.1) is 29.2 Å². The number of allylic oxidation sites excluding steroid dienone is 1. The normalized spacial score (nSPS) is 36.9. The number of amides is 1. The van der Waals surface area contributed by atoms with E-state index in [-0.39, 0.29) is 34.9 Å². The second kappa shape index (κ2) is 9.12. The molecule has 7 heteroatoms. The van der Waals surface area contributed by atoms with Crippen molar-refractivity contribution in [3.63, 3.8) is 0 Å². The van der Waals surface area contributed by atoms with Crippen molar-refractivity contribution in [2.24, 2.45) is 28.6 Å². The van der Waals surface area contributed by atoms with Crippen LogP contribution in [0.5, 0.6) is 0 Å². The Bertz CT molecular complexity index is 1630. The topological polar surface area (TPSA) is 87.4 Å². The fraction of sp³-hybridized carbons (Fsp3) is 0.500. The Morgan fingerprint density at radius 3 is 2.51 bits per heavy atom. The van der Waals surface area contributed by atoms with Crippen LogP contribution in [0.1, 0.15) is 75.6 Å². The SMILES string of the molecule is CC12Cc3cnn(-c4ccc(F)cc4)c3C=C1CCC1C2[C@@H](O)CC2(C)C1CC[C@]2(O)C(=O)NC1(c2ccccc2)CC1. The lowest BCUT2D eigenvalue weighted by molar-refractivity contribution is -0.181. The predicted octanol–water partition coefficient (Wildman–Crippen LogP) is 5.70. The maximum absolute atomic E-state index is 14.0. The van der Waals surface area contributed by atoms with Crippen molar-refractivity contribution >= 4 is 12.0 Å². The van der Waals surface area contributed by atoms with E-state index in [0.29, 0.717) is 12.8 Å². The van der Waals surface area contributed by atoms with Crippen LogP contribution in [-0.2, 0) is 16.8 Å². The lowest BCUT2D eigenvalue weighted by Gasteiger charge is -2.60. The van der Waals surface area contributed by atoms with E-state index in [0.717, 1.165) is 61.0 Å². The van der Waals surface area contributed by atoms with Gasteiger partial charge in [0, 0.05) is 5.41 Å². The minimum Gasteiger partial charge on any atom is -0.393 e. The second-order valence-electron chi connectivity index (χ2n) is 14.5. The fourth-order valence-corrected chi connectivity index (χ4v) is 10.0. The number of fused-ring (bicyclic) bond motifs is 6. The Morgan fingerprint density at radius 2 is 1.79 bits per heavy atom. The number of rotatable bonds is 4. The second-order valence-corrected chi connectivity index (χ2v) is 14.5. The van der Waals surface area contributed by atoms with E-state index in [2.05, 4.69) is 42.5 Å². The number of aliphatic hydroxyl groups excluding tert-OH is 1. The molecule has 1 aromatic heterocycles. The molecule has 5 aliphatic rings. The van der Waals surface area contributed by atoms with Gasteiger partial charge < -0.3 is 15.5 Å². The molecule has 1 heterocycles. The first-order valence-electron chi connectivity index (χ1n) is 15.9. The summed E-state index contributed by atoms with van der Waals surface area (Å²) in [5.41, 5.74) is 2.58. The lowest BCUT2D eigenvalue weighted by Crippen LogP contribution is -2.64. The zero-order valence-corrected chi connectivity index (χ0v) is 24.9. The van der Waals surface area contributed by atoms with E-state index in [1.54, 1.807) is 12.1 Å². The molecule has 1 amide bonds. The minimum absolute atomic E-state index is 0.0393. The summed E-state index contributed by atoms with van der Waals surface area (Å²) in [7, 11) is 0. The molecule has 0 bridgehead atoms. The number of nitrogens with one attached hydrogen (secondary N) is 1. The maximum Gasteiger partial charge on any atom is 0.253 e. The molecule has 2 aromatic carbocycles. The third kappa shape index (κ3) is 3.77. The van der Waals surface area contributed by atoms with Gasteiger partial charge in [-0.2, -0.15) is 5.10 Å². The van der Waals surface area contributed by atoms with Crippen LogP contribution in [0.4, 0.5) is 4.39 Å². The molecule has 224 valence electrons. The third-order valence-corrected chi connectivity index (χ3v) is 12.5. The van der Waals surface area contributed by atoms with E-state index in [1.165, 1.54) is 17.7 Å². The highest BCUT2D eigenvalue weighted by atomic mass is 19.1. The Balaban J connectivity index is 1.08. The summed E-state index contributed by atoms with van der Waals surface area (Å²) in [6, 6.07) is 16.5. The largest absolute Gasteiger partial charge is 0.393 e. The van der Waals surface area contributed by atoms with E-state index in [9.17, 15) is 19.4 Å². The number of carbonyl (C=O) groups excluding carboxylic acids is 1. The van der Waals surface area contributed by atoms with Gasteiger partial charge >= 0.3 is 0 Å². The Labute approximate surface area is 252 Å². The fourth-order valence-electron chi connectivity index (χ4n) is 10.0. The van der Waals surface area contributed by atoms with Crippen molar-refractivity contribution in [1.29, 1.82) is 0 Å². The van der Waals surface area contributed by atoms with Crippen molar-refractivity contribution in [2.45, 2.75) is 82.5 Å². The molecule has 7 atom stereocenters. The number of aliphatic hydroxyl groups is 2.